The molecule has 2 aromatic rings. The lowest BCUT2D eigenvalue weighted by atomic mass is 9.86. The van der Waals surface area contributed by atoms with Gasteiger partial charge in [-0.25, -0.2) is 4.39 Å². The van der Waals surface area contributed by atoms with E-state index in [-0.39, 0.29) is 5.56 Å². The predicted octanol–water partition coefficient (Wildman–Crippen LogP) is 2.33. The second-order valence-corrected chi connectivity index (χ2v) is 4.20. The van der Waals surface area contributed by atoms with Gasteiger partial charge in [-0.3, -0.25) is 9.63 Å². The van der Waals surface area contributed by atoms with E-state index in [1.54, 1.807) is 30.3 Å². The Hall–Kier alpha value is -1.91. The molecule has 0 aliphatic heterocycles. The summed E-state index contributed by atoms with van der Waals surface area (Å²) in [6, 6.07) is 13.3. The molecular weight excluding hydrogens is 269 g/mol. The molecule has 5 heteroatoms. The third-order valence-electron chi connectivity index (χ3n) is 2.87. The minimum absolute atomic E-state index is 0.234. The maximum atomic E-state index is 13.0. The molecule has 0 aliphatic rings. The normalized spacial score (nSPS) is 13.6. The van der Waals surface area contributed by atoms with Crippen molar-refractivity contribution in [3.63, 3.8) is 0 Å². The maximum Gasteiger partial charge on any atom is 0.275 e. The summed E-state index contributed by atoms with van der Waals surface area (Å²) in [5.41, 5.74) is -1.38. The zero-order valence-electron chi connectivity index (χ0n) is 9.81. The summed E-state index contributed by atoms with van der Waals surface area (Å²) >= 11 is 5.33. The molecule has 0 fully saturated rings. The van der Waals surface area contributed by atoms with Crippen molar-refractivity contribution in [1.29, 1.82) is 0 Å². The van der Waals surface area contributed by atoms with Crippen molar-refractivity contribution in [3.8, 4) is 0 Å². The second kappa shape index (κ2) is 5.38. The van der Waals surface area contributed by atoms with Crippen LogP contribution in [0.15, 0.2) is 54.6 Å². The summed E-state index contributed by atoms with van der Waals surface area (Å²) in [7, 11) is 0. The van der Waals surface area contributed by atoms with E-state index in [1.165, 1.54) is 24.3 Å². The molecule has 1 atom stereocenters. The number of hydrogen-bond donors (Lipinski definition) is 2. The summed E-state index contributed by atoms with van der Waals surface area (Å²) < 4.78 is 13.0. The number of nitrogens with one attached hydrogen (secondary N) is 1. The largest absolute Gasteiger partial charge is 0.372 e. The molecule has 0 aliphatic carbocycles. The first-order valence-electron chi connectivity index (χ1n) is 5.54. The molecule has 19 heavy (non-hydrogen) atoms. The van der Waals surface area contributed by atoms with Gasteiger partial charge in [-0.1, -0.05) is 42.5 Å². The van der Waals surface area contributed by atoms with Crippen LogP contribution in [0, 0.1) is 5.82 Å². The van der Waals surface area contributed by atoms with Gasteiger partial charge in [0.1, 0.15) is 5.82 Å². The maximum absolute atomic E-state index is 13.0. The highest BCUT2D eigenvalue weighted by Crippen LogP contribution is 2.30. The standard InChI is InChI=1S/C14H11ClFNO2/c15-17-13(18)14(19,10-4-2-1-3-5-10)11-6-8-12(16)9-7-11/h1-9,19H,(H,17,18). The topological polar surface area (TPSA) is 49.3 Å². The molecule has 98 valence electrons. The van der Waals surface area contributed by atoms with Crippen LogP contribution in [0.25, 0.3) is 0 Å². The molecule has 0 saturated carbocycles. The van der Waals surface area contributed by atoms with Crippen LogP contribution in [-0.4, -0.2) is 11.0 Å². The van der Waals surface area contributed by atoms with Gasteiger partial charge >= 0.3 is 0 Å². The number of carbonyl (C=O) groups excluding carboxylic acids is 1. The van der Waals surface area contributed by atoms with Crippen LogP contribution in [0.2, 0.25) is 0 Å². The Morgan fingerprint density at radius 1 is 1.05 bits per heavy atom. The summed E-state index contributed by atoms with van der Waals surface area (Å²) in [4.78, 5) is 13.8. The number of halogens is 2. The van der Waals surface area contributed by atoms with Gasteiger partial charge in [0, 0.05) is 11.8 Å². The van der Waals surface area contributed by atoms with Crippen LogP contribution in [0.4, 0.5) is 4.39 Å². The van der Waals surface area contributed by atoms with Crippen molar-refractivity contribution >= 4 is 17.7 Å². The van der Waals surface area contributed by atoms with Gasteiger partial charge in [-0.2, -0.15) is 0 Å². The number of carbonyl (C=O) groups is 1. The molecule has 0 spiro atoms. The van der Waals surface area contributed by atoms with Crippen LogP contribution in [0.3, 0.4) is 0 Å². The average molecular weight is 280 g/mol. The highest BCUT2D eigenvalue weighted by Gasteiger charge is 2.39. The monoisotopic (exact) mass is 279 g/mol. The lowest BCUT2D eigenvalue weighted by Crippen LogP contribution is -2.42. The van der Waals surface area contributed by atoms with Crippen LogP contribution < -0.4 is 4.84 Å². The molecule has 0 saturated heterocycles. The minimum Gasteiger partial charge on any atom is -0.372 e. The molecule has 1 amide bonds. The van der Waals surface area contributed by atoms with Crippen LogP contribution in [0.5, 0.6) is 0 Å². The molecule has 0 aromatic heterocycles. The number of hydrogen-bond acceptors (Lipinski definition) is 2. The van der Waals surface area contributed by atoms with E-state index in [0.29, 0.717) is 5.56 Å². The van der Waals surface area contributed by atoms with Gasteiger partial charge < -0.3 is 5.11 Å². The zero-order valence-corrected chi connectivity index (χ0v) is 10.6. The summed E-state index contributed by atoms with van der Waals surface area (Å²) in [5, 5.41) is 10.7. The third kappa shape index (κ3) is 2.45. The summed E-state index contributed by atoms with van der Waals surface area (Å²) in [6.07, 6.45) is 0. The molecule has 2 N–H and O–H groups in total. The Morgan fingerprint density at radius 2 is 1.58 bits per heavy atom. The fourth-order valence-corrected chi connectivity index (χ4v) is 2.00. The van der Waals surface area contributed by atoms with Crippen molar-refractivity contribution in [3.05, 3.63) is 71.5 Å². The molecule has 2 aromatic carbocycles. The molecule has 1 unspecified atom stereocenters. The smallest absolute Gasteiger partial charge is 0.275 e. The highest BCUT2D eigenvalue weighted by atomic mass is 35.5. The van der Waals surface area contributed by atoms with E-state index in [4.69, 9.17) is 11.8 Å². The molecule has 0 radical (unpaired) electrons. The first-order valence-corrected chi connectivity index (χ1v) is 5.92. The lowest BCUT2D eigenvalue weighted by Gasteiger charge is -2.26. The minimum atomic E-state index is -1.96. The van der Waals surface area contributed by atoms with Crippen LogP contribution >= 0.6 is 11.8 Å². The van der Waals surface area contributed by atoms with E-state index in [9.17, 15) is 14.3 Å². The Bertz CT molecular complexity index is 574. The van der Waals surface area contributed by atoms with E-state index < -0.39 is 17.3 Å². The van der Waals surface area contributed by atoms with Crippen LogP contribution in [0.1, 0.15) is 11.1 Å². The van der Waals surface area contributed by atoms with Gasteiger partial charge in [0.15, 0.2) is 5.60 Å². The van der Waals surface area contributed by atoms with Gasteiger partial charge in [0.25, 0.3) is 5.91 Å². The Morgan fingerprint density at radius 3 is 2.11 bits per heavy atom. The average Bonchev–Trinajstić information content (AvgIpc) is 2.47. The number of aliphatic hydroxyl groups is 1. The molecule has 2 rings (SSSR count). The van der Waals surface area contributed by atoms with E-state index in [2.05, 4.69) is 0 Å². The van der Waals surface area contributed by atoms with Gasteiger partial charge in [0.05, 0.1) is 0 Å². The Labute approximate surface area is 114 Å². The highest BCUT2D eigenvalue weighted by molar-refractivity contribution is 6.23. The number of benzene rings is 2. The second-order valence-electron chi connectivity index (χ2n) is 4.01. The summed E-state index contributed by atoms with van der Waals surface area (Å²) in [6.45, 7) is 0. The number of rotatable bonds is 3. The molecule has 0 heterocycles. The zero-order chi connectivity index (χ0) is 13.9. The third-order valence-corrected chi connectivity index (χ3v) is 3.04. The Balaban J connectivity index is 2.58. The molecular formula is C14H11ClFNO2. The van der Waals surface area contributed by atoms with Crippen molar-refractivity contribution in [2.24, 2.45) is 0 Å². The number of amides is 1. The fraction of sp³-hybridized carbons (Fsp3) is 0.0714. The Kier molecular flexibility index (Phi) is 3.83. The quantitative estimate of drug-likeness (QED) is 0.847. The predicted molar refractivity (Wildman–Crippen MR) is 69.8 cm³/mol. The van der Waals surface area contributed by atoms with E-state index >= 15 is 0 Å². The van der Waals surface area contributed by atoms with E-state index in [0.717, 1.165) is 0 Å². The van der Waals surface area contributed by atoms with Crippen LogP contribution in [-0.2, 0) is 10.4 Å². The first-order chi connectivity index (χ1) is 9.09. The van der Waals surface area contributed by atoms with Crippen molar-refractivity contribution in [2.75, 3.05) is 0 Å². The molecule has 0 bridgehead atoms. The fourth-order valence-electron chi connectivity index (χ4n) is 1.87. The SMILES string of the molecule is O=C(NCl)C(O)(c1ccccc1)c1ccc(F)cc1. The van der Waals surface area contributed by atoms with Gasteiger partial charge in [0.2, 0.25) is 0 Å². The summed E-state index contributed by atoms with van der Waals surface area (Å²) in [5.74, 6) is -1.25. The lowest BCUT2D eigenvalue weighted by molar-refractivity contribution is -0.134. The van der Waals surface area contributed by atoms with Gasteiger partial charge in [-0.05, 0) is 23.3 Å². The first kappa shape index (κ1) is 13.5. The van der Waals surface area contributed by atoms with E-state index in [1.807, 2.05) is 4.84 Å². The van der Waals surface area contributed by atoms with Crippen molar-refractivity contribution in [1.82, 2.24) is 4.84 Å². The van der Waals surface area contributed by atoms with Crippen molar-refractivity contribution in [2.45, 2.75) is 5.60 Å². The van der Waals surface area contributed by atoms with Crippen molar-refractivity contribution < 1.29 is 14.3 Å². The van der Waals surface area contributed by atoms with Gasteiger partial charge in [-0.15, -0.1) is 0 Å². The molecule has 3 nitrogen and oxygen atoms in total.